The van der Waals surface area contributed by atoms with Gasteiger partial charge in [0.25, 0.3) is 0 Å². The van der Waals surface area contributed by atoms with Crippen LogP contribution in [0.25, 0.3) is 6.08 Å². The molecule has 0 heterocycles. The van der Waals surface area contributed by atoms with Crippen molar-refractivity contribution in [1.82, 2.24) is 0 Å². The zero-order chi connectivity index (χ0) is 19.6. The van der Waals surface area contributed by atoms with Gasteiger partial charge in [0.2, 0.25) is 0 Å². The molecule has 0 aliphatic carbocycles. The molecule has 27 heavy (non-hydrogen) atoms. The normalized spacial score (nSPS) is 10.0. The minimum Gasteiger partial charge on any atom is -0.462 e. The van der Waals surface area contributed by atoms with E-state index in [2.05, 4.69) is 17.0 Å². The minimum absolute atomic E-state index is 0.112. The Morgan fingerprint density at radius 2 is 1.44 bits per heavy atom. The van der Waals surface area contributed by atoms with E-state index in [-0.39, 0.29) is 18.8 Å². The van der Waals surface area contributed by atoms with E-state index < -0.39 is 11.9 Å². The lowest BCUT2D eigenvalue weighted by molar-refractivity contribution is -0.146. The number of hydrogen-bond acceptors (Lipinski definition) is 5. The Balaban J connectivity index is 2.36. The molecule has 0 amide bonds. The van der Waals surface area contributed by atoms with Crippen molar-refractivity contribution >= 4 is 23.7 Å². The molecule has 0 aliphatic rings. The third-order valence-electron chi connectivity index (χ3n) is 3.90. The van der Waals surface area contributed by atoms with Gasteiger partial charge in [-0.1, -0.05) is 48.5 Å². The van der Waals surface area contributed by atoms with Gasteiger partial charge in [0.15, 0.2) is 0 Å². The summed E-state index contributed by atoms with van der Waals surface area (Å²) in [7, 11) is 1.97. The molecular formula is C22H25NO4. The van der Waals surface area contributed by atoms with Gasteiger partial charge in [-0.05, 0) is 37.1 Å². The van der Waals surface area contributed by atoms with Crippen LogP contribution in [0.15, 0.2) is 60.2 Å². The second-order valence-electron chi connectivity index (χ2n) is 5.90. The lowest BCUT2D eigenvalue weighted by Crippen LogP contribution is -2.19. The number of carbonyl (C=O) groups excluding carboxylic acids is 2. The summed E-state index contributed by atoms with van der Waals surface area (Å²) in [5.41, 5.74) is 2.69. The molecule has 0 saturated carbocycles. The first kappa shape index (κ1) is 20.2. The maximum absolute atomic E-state index is 12.2. The van der Waals surface area contributed by atoms with Crippen LogP contribution in [-0.4, -0.2) is 32.2 Å². The number of esters is 2. The monoisotopic (exact) mass is 367 g/mol. The molecule has 2 rings (SSSR count). The quantitative estimate of drug-likeness (QED) is 0.307. The Morgan fingerprint density at radius 1 is 0.889 bits per heavy atom. The molecule has 0 saturated heterocycles. The first-order chi connectivity index (χ1) is 13.1. The fourth-order valence-electron chi connectivity index (χ4n) is 2.67. The van der Waals surface area contributed by atoms with Crippen molar-refractivity contribution in [2.45, 2.75) is 20.4 Å². The Hall–Kier alpha value is -3.08. The molecule has 2 aromatic rings. The molecule has 142 valence electrons. The third-order valence-corrected chi connectivity index (χ3v) is 3.90. The van der Waals surface area contributed by atoms with Gasteiger partial charge in [-0.25, -0.2) is 9.59 Å². The van der Waals surface area contributed by atoms with Crippen LogP contribution in [0.4, 0.5) is 5.69 Å². The highest BCUT2D eigenvalue weighted by Gasteiger charge is 2.22. The van der Waals surface area contributed by atoms with Crippen molar-refractivity contribution < 1.29 is 19.1 Å². The van der Waals surface area contributed by atoms with E-state index in [1.54, 1.807) is 13.8 Å². The fourth-order valence-corrected chi connectivity index (χ4v) is 2.67. The van der Waals surface area contributed by atoms with E-state index in [1.807, 2.05) is 49.5 Å². The number of carbonyl (C=O) groups is 2. The van der Waals surface area contributed by atoms with Crippen LogP contribution in [0, 0.1) is 0 Å². The number of benzene rings is 2. The van der Waals surface area contributed by atoms with Gasteiger partial charge in [-0.3, -0.25) is 0 Å². The van der Waals surface area contributed by atoms with Crippen LogP contribution in [0.3, 0.4) is 0 Å². The highest BCUT2D eigenvalue weighted by Crippen LogP contribution is 2.24. The number of para-hydroxylation sites is 1. The zero-order valence-electron chi connectivity index (χ0n) is 16.0. The molecule has 0 N–H and O–H groups in total. The number of rotatable bonds is 8. The Kier molecular flexibility index (Phi) is 7.62. The summed E-state index contributed by atoms with van der Waals surface area (Å²) in [5, 5.41) is 0. The Bertz CT molecular complexity index is 779. The van der Waals surface area contributed by atoms with Gasteiger partial charge in [-0.15, -0.1) is 0 Å². The average Bonchev–Trinajstić information content (AvgIpc) is 2.67. The molecule has 0 fully saturated rings. The molecule has 2 aromatic carbocycles. The van der Waals surface area contributed by atoms with Crippen LogP contribution < -0.4 is 4.90 Å². The number of anilines is 1. The summed E-state index contributed by atoms with van der Waals surface area (Å²) in [6.07, 6.45) is 1.53. The van der Waals surface area contributed by atoms with Crippen LogP contribution in [-0.2, 0) is 25.6 Å². The number of ether oxygens (including phenoxy) is 2. The van der Waals surface area contributed by atoms with Crippen molar-refractivity contribution in [2.75, 3.05) is 25.2 Å². The molecule has 0 aliphatic heterocycles. The Labute approximate surface area is 160 Å². The van der Waals surface area contributed by atoms with E-state index in [4.69, 9.17) is 9.47 Å². The molecule has 0 radical (unpaired) electrons. The average molecular weight is 367 g/mol. The van der Waals surface area contributed by atoms with Gasteiger partial charge in [0, 0.05) is 19.3 Å². The molecule has 0 atom stereocenters. The minimum atomic E-state index is -0.684. The smallest absolute Gasteiger partial charge is 0.345 e. The number of hydrogen-bond donors (Lipinski definition) is 0. The van der Waals surface area contributed by atoms with E-state index >= 15 is 0 Å². The van der Waals surface area contributed by atoms with E-state index in [9.17, 15) is 9.59 Å². The zero-order valence-corrected chi connectivity index (χ0v) is 16.0. The molecule has 0 spiro atoms. The summed E-state index contributed by atoms with van der Waals surface area (Å²) in [6.45, 7) is 4.46. The van der Waals surface area contributed by atoms with Gasteiger partial charge in [0.05, 0.1) is 13.2 Å². The first-order valence-electron chi connectivity index (χ1n) is 8.96. The second kappa shape index (κ2) is 10.2. The third kappa shape index (κ3) is 5.71. The molecule has 5 nitrogen and oxygen atoms in total. The van der Waals surface area contributed by atoms with Crippen LogP contribution in [0.5, 0.6) is 0 Å². The number of nitrogens with zero attached hydrogens (tertiary/aromatic N) is 1. The molecule has 0 bridgehead atoms. The topological polar surface area (TPSA) is 55.8 Å². The SMILES string of the molecule is CCOC(=O)C(=Cc1ccccc1N(C)Cc1ccccc1)C(=O)OCC. The van der Waals surface area contributed by atoms with Crippen molar-refractivity contribution in [2.24, 2.45) is 0 Å². The fraction of sp³-hybridized carbons (Fsp3) is 0.273. The lowest BCUT2D eigenvalue weighted by atomic mass is 10.1. The van der Waals surface area contributed by atoms with Crippen LogP contribution in [0.2, 0.25) is 0 Å². The predicted octanol–water partition coefficient (Wildman–Crippen LogP) is 3.83. The van der Waals surface area contributed by atoms with Gasteiger partial charge >= 0.3 is 11.9 Å². The van der Waals surface area contributed by atoms with E-state index in [0.717, 1.165) is 16.8 Å². The summed E-state index contributed by atoms with van der Waals surface area (Å²) in [6, 6.07) is 17.7. The maximum Gasteiger partial charge on any atom is 0.345 e. The van der Waals surface area contributed by atoms with Crippen LogP contribution in [0.1, 0.15) is 25.0 Å². The van der Waals surface area contributed by atoms with Crippen LogP contribution >= 0.6 is 0 Å². The van der Waals surface area contributed by atoms with Crippen molar-refractivity contribution in [1.29, 1.82) is 0 Å². The highest BCUT2D eigenvalue weighted by molar-refractivity contribution is 6.18. The largest absolute Gasteiger partial charge is 0.462 e. The molecule has 0 aromatic heterocycles. The molecule has 5 heteroatoms. The van der Waals surface area contributed by atoms with Crippen molar-refractivity contribution in [3.63, 3.8) is 0 Å². The standard InChI is InChI=1S/C22H25NO4/c1-4-26-21(24)19(22(25)27-5-2)15-18-13-9-10-14-20(18)23(3)16-17-11-7-6-8-12-17/h6-15H,4-5,16H2,1-3H3. The summed E-state index contributed by atoms with van der Waals surface area (Å²) in [4.78, 5) is 26.5. The molecule has 0 unspecified atom stereocenters. The summed E-state index contributed by atoms with van der Waals surface area (Å²) in [5.74, 6) is -1.37. The van der Waals surface area contributed by atoms with Crippen molar-refractivity contribution in [3.05, 3.63) is 71.3 Å². The van der Waals surface area contributed by atoms with Gasteiger partial charge < -0.3 is 14.4 Å². The lowest BCUT2D eigenvalue weighted by Gasteiger charge is -2.22. The first-order valence-corrected chi connectivity index (χ1v) is 8.96. The second-order valence-corrected chi connectivity index (χ2v) is 5.90. The van der Waals surface area contributed by atoms with Gasteiger partial charge in [-0.2, -0.15) is 0 Å². The Morgan fingerprint density at radius 3 is 2.04 bits per heavy atom. The van der Waals surface area contributed by atoms with Gasteiger partial charge in [0.1, 0.15) is 5.57 Å². The van der Waals surface area contributed by atoms with Crippen molar-refractivity contribution in [3.8, 4) is 0 Å². The summed E-state index contributed by atoms with van der Waals surface area (Å²) >= 11 is 0. The van der Waals surface area contributed by atoms with E-state index in [1.165, 1.54) is 6.08 Å². The summed E-state index contributed by atoms with van der Waals surface area (Å²) < 4.78 is 10.0. The highest BCUT2D eigenvalue weighted by atomic mass is 16.6. The molecular weight excluding hydrogens is 342 g/mol. The van der Waals surface area contributed by atoms with E-state index in [0.29, 0.717) is 6.54 Å². The predicted molar refractivity (Wildman–Crippen MR) is 106 cm³/mol. The maximum atomic E-state index is 12.2.